The first-order valence-corrected chi connectivity index (χ1v) is 11.3. The maximum Gasteiger partial charge on any atom is 0.303 e. The van der Waals surface area contributed by atoms with Crippen molar-refractivity contribution in [2.24, 2.45) is 0 Å². The molecule has 0 radical (unpaired) electrons. The number of alkyl halides is 3. The highest BCUT2D eigenvalue weighted by Crippen LogP contribution is 2.32. The molecule has 35 heavy (non-hydrogen) atoms. The van der Waals surface area contributed by atoms with Gasteiger partial charge in [0.1, 0.15) is 30.3 Å². The Bertz CT molecular complexity index is 921. The molecule has 1 aromatic carbocycles. The highest BCUT2D eigenvalue weighted by Gasteiger charge is 2.53. The first kappa shape index (κ1) is 28.8. The summed E-state index contributed by atoms with van der Waals surface area (Å²) in [6.45, 7) is 3.00. The van der Waals surface area contributed by atoms with E-state index in [4.69, 9.17) is 63.2 Å². The molecular formula is C21H24Cl3NO10. The molecule has 194 valence electrons. The van der Waals surface area contributed by atoms with Crippen LogP contribution in [0.4, 0.5) is 0 Å². The number of methoxy groups -OCH3 is 1. The predicted octanol–water partition coefficient (Wildman–Crippen LogP) is 2.08. The minimum atomic E-state index is -2.39. The fourth-order valence-electron chi connectivity index (χ4n) is 3.18. The van der Waals surface area contributed by atoms with E-state index in [0.717, 1.165) is 13.8 Å². The Morgan fingerprint density at radius 2 is 1.46 bits per heavy atom. The quantitative estimate of drug-likeness (QED) is 0.288. The molecule has 0 bridgehead atoms. The van der Waals surface area contributed by atoms with Crippen LogP contribution >= 0.6 is 34.8 Å². The number of ether oxygens (including phenoxy) is 6. The third kappa shape index (κ3) is 8.60. The molecule has 5 atom stereocenters. The van der Waals surface area contributed by atoms with Crippen molar-refractivity contribution < 1.29 is 47.6 Å². The molecule has 0 aromatic heterocycles. The Morgan fingerprint density at radius 1 is 0.914 bits per heavy atom. The molecule has 0 aliphatic carbocycles. The Morgan fingerprint density at radius 3 is 1.94 bits per heavy atom. The highest BCUT2D eigenvalue weighted by molar-refractivity contribution is 6.76. The van der Waals surface area contributed by atoms with Crippen molar-refractivity contribution in [2.75, 3.05) is 13.7 Å². The maximum absolute atomic E-state index is 12.5. The second-order valence-electron chi connectivity index (χ2n) is 7.28. The van der Waals surface area contributed by atoms with E-state index in [1.54, 1.807) is 24.3 Å². The molecule has 1 aliphatic rings. The van der Waals surface area contributed by atoms with Gasteiger partial charge in [0.25, 0.3) is 9.70 Å². The fourth-order valence-corrected chi connectivity index (χ4v) is 3.34. The molecule has 0 unspecified atom stereocenters. The minimum absolute atomic E-state index is 0.266. The van der Waals surface area contributed by atoms with E-state index in [1.165, 1.54) is 14.0 Å². The smallest absolute Gasteiger partial charge is 0.303 e. The third-order valence-electron chi connectivity index (χ3n) is 4.57. The second-order valence-corrected chi connectivity index (χ2v) is 9.57. The summed E-state index contributed by atoms with van der Waals surface area (Å²) >= 11 is 17.1. The maximum atomic E-state index is 12.5. The van der Waals surface area contributed by atoms with Gasteiger partial charge in [0.15, 0.2) is 12.2 Å². The van der Waals surface area contributed by atoms with E-state index >= 15 is 0 Å². The number of benzene rings is 1. The van der Waals surface area contributed by atoms with E-state index < -0.39 is 64.9 Å². The van der Waals surface area contributed by atoms with Crippen LogP contribution in [-0.4, -0.2) is 72.0 Å². The molecule has 11 nitrogen and oxygen atoms in total. The molecule has 1 amide bonds. The lowest BCUT2D eigenvalue weighted by molar-refractivity contribution is -0.257. The average Bonchev–Trinajstić information content (AvgIpc) is 2.75. The first-order chi connectivity index (χ1) is 16.3. The summed E-state index contributed by atoms with van der Waals surface area (Å²) < 4.78 is 30.3. The lowest BCUT2D eigenvalue weighted by Gasteiger charge is -2.45. The van der Waals surface area contributed by atoms with Gasteiger partial charge in [-0.3, -0.25) is 19.2 Å². The van der Waals surface area contributed by atoms with Crippen LogP contribution in [0.2, 0.25) is 0 Å². The summed E-state index contributed by atoms with van der Waals surface area (Å²) in [6.07, 6.45) is -5.25. The van der Waals surface area contributed by atoms with E-state index in [2.05, 4.69) is 5.32 Å². The Labute approximate surface area is 216 Å². The minimum Gasteiger partial charge on any atom is -0.497 e. The Kier molecular flexibility index (Phi) is 10.3. The van der Waals surface area contributed by atoms with Crippen molar-refractivity contribution in [3.63, 3.8) is 0 Å². The molecule has 0 spiro atoms. The first-order valence-electron chi connectivity index (χ1n) is 10.1. The van der Waals surface area contributed by atoms with Gasteiger partial charge in [-0.25, -0.2) is 0 Å². The number of esters is 3. The van der Waals surface area contributed by atoms with Crippen molar-refractivity contribution in [3.05, 3.63) is 24.3 Å². The van der Waals surface area contributed by atoms with Gasteiger partial charge in [-0.1, -0.05) is 34.8 Å². The van der Waals surface area contributed by atoms with Gasteiger partial charge in [0, 0.05) is 20.8 Å². The lowest BCUT2D eigenvalue weighted by atomic mass is 9.96. The molecule has 1 aliphatic heterocycles. The molecule has 1 heterocycles. The zero-order valence-electron chi connectivity index (χ0n) is 19.1. The standard InChI is InChI=1S/C21H24Cl3NO10/c1-10(26)31-9-15-17(32-11(2)27)18(33-12(3)28)16(25-20(29)21(22,23)24)19(35-15)34-14-7-5-13(30-4)6-8-14/h5-8,15-19H,9H2,1-4H3,(H,25,29)/t15-,16+,17-,18-,19+/m1/s1. The van der Waals surface area contributed by atoms with Gasteiger partial charge >= 0.3 is 17.9 Å². The van der Waals surface area contributed by atoms with Crippen LogP contribution in [0.3, 0.4) is 0 Å². The van der Waals surface area contributed by atoms with Crippen molar-refractivity contribution in [1.29, 1.82) is 0 Å². The number of halogens is 3. The fraction of sp³-hybridized carbons (Fsp3) is 0.524. The van der Waals surface area contributed by atoms with Crippen LogP contribution in [0.1, 0.15) is 20.8 Å². The zero-order chi connectivity index (χ0) is 26.3. The summed E-state index contributed by atoms with van der Waals surface area (Å²) in [5.74, 6) is -2.46. The van der Waals surface area contributed by atoms with Gasteiger partial charge in [0.05, 0.1) is 7.11 Å². The van der Waals surface area contributed by atoms with Gasteiger partial charge in [0.2, 0.25) is 6.29 Å². The van der Waals surface area contributed by atoms with Crippen molar-refractivity contribution in [1.82, 2.24) is 5.32 Å². The van der Waals surface area contributed by atoms with Crippen LogP contribution in [0.25, 0.3) is 0 Å². The van der Waals surface area contributed by atoms with Crippen LogP contribution in [0.5, 0.6) is 11.5 Å². The lowest BCUT2D eigenvalue weighted by Crippen LogP contribution is -2.68. The number of carbonyl (C=O) groups is 4. The molecule has 1 fully saturated rings. The van der Waals surface area contributed by atoms with E-state index in [9.17, 15) is 19.2 Å². The van der Waals surface area contributed by atoms with Crippen molar-refractivity contribution >= 4 is 58.6 Å². The highest BCUT2D eigenvalue weighted by atomic mass is 35.6. The molecule has 1 N–H and O–H groups in total. The summed E-state index contributed by atoms with van der Waals surface area (Å²) in [5, 5.41) is 2.41. The summed E-state index contributed by atoms with van der Waals surface area (Å²) in [6, 6.07) is 4.98. The number of hydrogen-bond donors (Lipinski definition) is 1. The Hall–Kier alpha value is -2.47. The third-order valence-corrected chi connectivity index (χ3v) is 5.08. The number of rotatable bonds is 8. The molecule has 1 aromatic rings. The summed E-state index contributed by atoms with van der Waals surface area (Å²) in [7, 11) is 1.49. The largest absolute Gasteiger partial charge is 0.497 e. The number of nitrogens with one attached hydrogen (secondary N) is 1. The monoisotopic (exact) mass is 555 g/mol. The van der Waals surface area contributed by atoms with Crippen LogP contribution in [0, 0.1) is 0 Å². The molecular weight excluding hydrogens is 533 g/mol. The summed E-state index contributed by atoms with van der Waals surface area (Å²) in [4.78, 5) is 47.7. The molecule has 14 heteroatoms. The number of carbonyl (C=O) groups excluding carboxylic acids is 4. The van der Waals surface area contributed by atoms with Gasteiger partial charge < -0.3 is 33.7 Å². The van der Waals surface area contributed by atoms with Gasteiger partial charge in [-0.05, 0) is 24.3 Å². The van der Waals surface area contributed by atoms with Gasteiger partial charge in [-0.15, -0.1) is 0 Å². The van der Waals surface area contributed by atoms with E-state index in [1.807, 2.05) is 0 Å². The number of amides is 1. The SMILES string of the molecule is COc1ccc(O[C@H]2O[C@H](COC(C)=O)[C@@H](OC(C)=O)[C@H](OC(C)=O)[C@@H]2NC(=O)C(Cl)(Cl)Cl)cc1. The summed E-state index contributed by atoms with van der Waals surface area (Å²) in [5.41, 5.74) is 0. The normalized spacial score (nSPS) is 24.0. The zero-order valence-corrected chi connectivity index (χ0v) is 21.4. The molecule has 0 saturated carbocycles. The number of hydrogen-bond acceptors (Lipinski definition) is 10. The van der Waals surface area contributed by atoms with E-state index in [-0.39, 0.29) is 5.75 Å². The Balaban J connectivity index is 2.50. The second kappa shape index (κ2) is 12.5. The predicted molar refractivity (Wildman–Crippen MR) is 122 cm³/mol. The molecule has 1 saturated heterocycles. The topological polar surface area (TPSA) is 136 Å². The van der Waals surface area contributed by atoms with Crippen LogP contribution < -0.4 is 14.8 Å². The van der Waals surface area contributed by atoms with Crippen LogP contribution in [0.15, 0.2) is 24.3 Å². The van der Waals surface area contributed by atoms with Crippen molar-refractivity contribution in [2.45, 2.75) is 55.2 Å². The van der Waals surface area contributed by atoms with Crippen LogP contribution in [-0.2, 0) is 38.1 Å². The van der Waals surface area contributed by atoms with Gasteiger partial charge in [-0.2, -0.15) is 0 Å². The van der Waals surface area contributed by atoms with Crippen molar-refractivity contribution in [3.8, 4) is 11.5 Å². The molecule has 2 rings (SSSR count). The average molecular weight is 557 g/mol. The van der Waals surface area contributed by atoms with E-state index in [0.29, 0.717) is 5.75 Å².